The van der Waals surface area contributed by atoms with Crippen molar-refractivity contribution in [3.8, 4) is 0 Å². The van der Waals surface area contributed by atoms with Crippen LogP contribution in [-0.4, -0.2) is 42.7 Å². The number of anilines is 2. The van der Waals surface area contributed by atoms with E-state index in [1.54, 1.807) is 21.9 Å². The van der Waals surface area contributed by atoms with Crippen LogP contribution in [0.5, 0.6) is 0 Å². The molecule has 2 aromatic rings. The van der Waals surface area contributed by atoms with Gasteiger partial charge in [-0.1, -0.05) is 6.07 Å². The molecule has 158 valence electrons. The highest BCUT2D eigenvalue weighted by molar-refractivity contribution is 6.62. The summed E-state index contributed by atoms with van der Waals surface area (Å²) in [6.45, 7) is 11.8. The van der Waals surface area contributed by atoms with E-state index in [4.69, 9.17) is 13.7 Å². The van der Waals surface area contributed by atoms with Crippen molar-refractivity contribution in [3.05, 3.63) is 42.4 Å². The Bertz CT molecular complexity index is 969. The van der Waals surface area contributed by atoms with Crippen molar-refractivity contribution in [2.45, 2.75) is 58.8 Å². The summed E-state index contributed by atoms with van der Waals surface area (Å²) in [5.74, 6) is -0.0648. The van der Waals surface area contributed by atoms with Gasteiger partial charge in [-0.25, -0.2) is 0 Å². The molecule has 30 heavy (non-hydrogen) atoms. The number of hydrogen-bond acceptors (Lipinski definition) is 5. The number of amides is 2. The molecule has 0 spiro atoms. The van der Waals surface area contributed by atoms with Gasteiger partial charge in [0, 0.05) is 13.5 Å². The van der Waals surface area contributed by atoms with Gasteiger partial charge in [-0.3, -0.25) is 9.59 Å². The predicted molar refractivity (Wildman–Crippen MR) is 115 cm³/mol. The minimum absolute atomic E-state index is 0.0720. The van der Waals surface area contributed by atoms with Crippen molar-refractivity contribution >= 4 is 35.8 Å². The molecule has 0 N–H and O–H groups in total. The van der Waals surface area contributed by atoms with Crippen LogP contribution in [-0.2, 0) is 14.1 Å². The Morgan fingerprint density at radius 1 is 1.07 bits per heavy atom. The van der Waals surface area contributed by atoms with Gasteiger partial charge in [-0.15, -0.1) is 0 Å². The van der Waals surface area contributed by atoms with Gasteiger partial charge in [0.1, 0.15) is 0 Å². The fraction of sp³-hybridized carbons (Fsp3) is 0.455. The summed E-state index contributed by atoms with van der Waals surface area (Å²) in [5, 5.41) is 0. The molecule has 2 amide bonds. The van der Waals surface area contributed by atoms with Crippen LogP contribution in [0.2, 0.25) is 0 Å². The number of rotatable bonds is 2. The molecule has 1 aromatic carbocycles. The monoisotopic (exact) mass is 410 g/mol. The maximum absolute atomic E-state index is 13.2. The number of benzene rings is 1. The first-order valence-corrected chi connectivity index (χ1v) is 10.2. The minimum atomic E-state index is -0.564. The Balaban J connectivity index is 1.78. The van der Waals surface area contributed by atoms with E-state index < -0.39 is 18.3 Å². The molecule has 0 radical (unpaired) electrons. The van der Waals surface area contributed by atoms with Gasteiger partial charge in [0.2, 0.25) is 5.91 Å². The lowest BCUT2D eigenvalue weighted by Gasteiger charge is -2.40. The zero-order valence-corrected chi connectivity index (χ0v) is 18.3. The first-order chi connectivity index (χ1) is 14.0. The maximum atomic E-state index is 13.2. The number of carbonyl (C=O) groups is 2. The van der Waals surface area contributed by atoms with Crippen molar-refractivity contribution in [1.82, 2.24) is 0 Å². The summed E-state index contributed by atoms with van der Waals surface area (Å²) in [4.78, 5) is 28.9. The number of nitrogens with zero attached hydrogens (tertiary/aromatic N) is 2. The third kappa shape index (κ3) is 3.24. The van der Waals surface area contributed by atoms with Gasteiger partial charge in [0.15, 0.2) is 5.76 Å². The predicted octanol–water partition coefficient (Wildman–Crippen LogP) is 2.98. The zero-order chi connectivity index (χ0) is 21.8. The average Bonchev–Trinajstić information content (AvgIpc) is 3.26. The molecule has 0 saturated carbocycles. The van der Waals surface area contributed by atoms with Crippen LogP contribution in [0.1, 0.15) is 52.1 Å². The number of carbonyl (C=O) groups excluding carboxylic acids is 2. The van der Waals surface area contributed by atoms with E-state index >= 15 is 0 Å². The smallest absolute Gasteiger partial charge is 0.459 e. The molecule has 4 rings (SSSR count). The van der Waals surface area contributed by atoms with E-state index in [9.17, 15) is 9.59 Å². The van der Waals surface area contributed by atoms with E-state index in [0.29, 0.717) is 17.9 Å². The van der Waals surface area contributed by atoms with Crippen LogP contribution in [0.25, 0.3) is 0 Å². The summed E-state index contributed by atoms with van der Waals surface area (Å²) in [6, 6.07) is 8.78. The van der Waals surface area contributed by atoms with Crippen LogP contribution < -0.4 is 15.3 Å². The molecule has 0 bridgehead atoms. The highest BCUT2D eigenvalue weighted by Gasteiger charge is 2.52. The van der Waals surface area contributed by atoms with Gasteiger partial charge >= 0.3 is 7.12 Å². The van der Waals surface area contributed by atoms with Crippen molar-refractivity contribution < 1.29 is 23.3 Å². The lowest BCUT2D eigenvalue weighted by Crippen LogP contribution is -2.52. The standard InChI is InChI=1S/C22H27BN2O5/c1-14-13-24(20(27)19-8-7-11-28-19)18-12-16(9-10-17(18)25(14)15(2)26)23-29-21(3,4)22(5,6)30-23/h7-12,14H,13H2,1-6H3/t14-/m0/s1. The lowest BCUT2D eigenvalue weighted by atomic mass is 9.78. The molecule has 1 saturated heterocycles. The van der Waals surface area contributed by atoms with E-state index in [2.05, 4.69) is 0 Å². The topological polar surface area (TPSA) is 72.2 Å². The molecule has 1 aromatic heterocycles. The second-order valence-corrected chi connectivity index (χ2v) is 8.97. The van der Waals surface area contributed by atoms with E-state index in [0.717, 1.165) is 5.46 Å². The maximum Gasteiger partial charge on any atom is 0.494 e. The third-order valence-electron chi connectivity index (χ3n) is 6.28. The van der Waals surface area contributed by atoms with Gasteiger partial charge in [-0.05, 0) is 64.3 Å². The molecular formula is C22H27BN2O5. The SMILES string of the molecule is CC(=O)N1c2ccc(B3OC(C)(C)C(C)(C)O3)cc2N(C(=O)c2ccco2)C[C@@H]1C. The first-order valence-electron chi connectivity index (χ1n) is 10.2. The number of hydrogen-bond donors (Lipinski definition) is 0. The molecule has 0 unspecified atom stereocenters. The normalized spacial score (nSPS) is 22.2. The molecule has 3 heterocycles. The van der Waals surface area contributed by atoms with Crippen LogP contribution in [0, 0.1) is 0 Å². The Labute approximate surface area is 177 Å². The van der Waals surface area contributed by atoms with Crippen LogP contribution in [0.4, 0.5) is 11.4 Å². The number of fused-ring (bicyclic) bond motifs is 1. The van der Waals surface area contributed by atoms with Crippen LogP contribution in [0.3, 0.4) is 0 Å². The zero-order valence-electron chi connectivity index (χ0n) is 18.3. The molecular weight excluding hydrogens is 383 g/mol. The summed E-state index contributed by atoms with van der Waals surface area (Å²) in [7, 11) is -0.564. The highest BCUT2D eigenvalue weighted by Crippen LogP contribution is 2.39. The Hall–Kier alpha value is -2.58. The molecule has 2 aliphatic rings. The fourth-order valence-electron chi connectivity index (χ4n) is 3.97. The Morgan fingerprint density at radius 2 is 1.73 bits per heavy atom. The van der Waals surface area contributed by atoms with Crippen LogP contribution >= 0.6 is 0 Å². The molecule has 2 aliphatic heterocycles. The molecule has 1 fully saturated rings. The second kappa shape index (κ2) is 6.99. The van der Waals surface area contributed by atoms with Crippen molar-refractivity contribution in [2.75, 3.05) is 16.3 Å². The third-order valence-corrected chi connectivity index (χ3v) is 6.28. The van der Waals surface area contributed by atoms with Crippen molar-refractivity contribution in [1.29, 1.82) is 0 Å². The van der Waals surface area contributed by atoms with Crippen LogP contribution in [0.15, 0.2) is 41.0 Å². The molecule has 8 heteroatoms. The molecule has 0 aliphatic carbocycles. The van der Waals surface area contributed by atoms with Gasteiger partial charge in [0.05, 0.1) is 34.9 Å². The Morgan fingerprint density at radius 3 is 2.30 bits per heavy atom. The van der Waals surface area contributed by atoms with E-state index in [-0.39, 0.29) is 23.6 Å². The molecule has 1 atom stereocenters. The van der Waals surface area contributed by atoms with Crippen molar-refractivity contribution in [2.24, 2.45) is 0 Å². The van der Waals surface area contributed by atoms with Gasteiger partial charge < -0.3 is 23.5 Å². The summed E-state index contributed by atoms with van der Waals surface area (Å²) in [6.07, 6.45) is 1.48. The second-order valence-electron chi connectivity index (χ2n) is 8.97. The fourth-order valence-corrected chi connectivity index (χ4v) is 3.97. The van der Waals surface area contributed by atoms with Crippen molar-refractivity contribution in [3.63, 3.8) is 0 Å². The molecule has 7 nitrogen and oxygen atoms in total. The summed E-state index contributed by atoms with van der Waals surface area (Å²) >= 11 is 0. The lowest BCUT2D eigenvalue weighted by molar-refractivity contribution is -0.117. The minimum Gasteiger partial charge on any atom is -0.459 e. The quantitative estimate of drug-likeness (QED) is 0.712. The number of furan rings is 1. The summed E-state index contributed by atoms with van der Waals surface area (Å²) < 4.78 is 17.7. The average molecular weight is 410 g/mol. The van der Waals surface area contributed by atoms with Gasteiger partial charge in [0.25, 0.3) is 5.91 Å². The van der Waals surface area contributed by atoms with E-state index in [1.807, 2.05) is 52.8 Å². The summed E-state index contributed by atoms with van der Waals surface area (Å²) in [5.41, 5.74) is 1.16. The van der Waals surface area contributed by atoms with E-state index in [1.165, 1.54) is 13.2 Å². The highest BCUT2D eigenvalue weighted by atomic mass is 16.7. The first kappa shape index (κ1) is 20.7. The largest absolute Gasteiger partial charge is 0.494 e. The Kier molecular flexibility index (Phi) is 4.82. The van der Waals surface area contributed by atoms with Gasteiger partial charge in [-0.2, -0.15) is 0 Å².